The molecule has 2 amide bonds. The molecule has 6 heteroatoms. The molecule has 4 rings (SSSR count). The number of likely N-dealkylation sites (tertiary alicyclic amines) is 1. The van der Waals surface area contributed by atoms with Crippen molar-refractivity contribution in [1.29, 1.82) is 0 Å². The monoisotopic (exact) mass is 370 g/mol. The standard InChI is InChI=1S/C21H30N4O2/c26-15-21(9-3-4-10-21)14-22-20(27)25-11-5-6-16(13-25)12-19-23-17-7-1-2-8-18(17)24-19/h1-2,7-8,16,26H,3-6,9-15H2,(H,22,27)(H,23,24)/t16-/m0/s1. The first-order chi connectivity index (χ1) is 13.2. The summed E-state index contributed by atoms with van der Waals surface area (Å²) >= 11 is 0. The van der Waals surface area contributed by atoms with Gasteiger partial charge in [0.1, 0.15) is 5.82 Å². The number of para-hydroxylation sites is 2. The van der Waals surface area contributed by atoms with E-state index in [1.807, 2.05) is 29.2 Å². The van der Waals surface area contributed by atoms with Gasteiger partial charge in [-0.3, -0.25) is 0 Å². The van der Waals surface area contributed by atoms with E-state index < -0.39 is 0 Å². The highest BCUT2D eigenvalue weighted by Gasteiger charge is 2.34. The number of hydrogen-bond acceptors (Lipinski definition) is 3. The number of piperidine rings is 1. The topological polar surface area (TPSA) is 81.2 Å². The van der Waals surface area contributed by atoms with Crippen LogP contribution in [0, 0.1) is 11.3 Å². The number of aromatic nitrogens is 2. The smallest absolute Gasteiger partial charge is 0.317 e. The van der Waals surface area contributed by atoms with Gasteiger partial charge in [-0.25, -0.2) is 9.78 Å². The summed E-state index contributed by atoms with van der Waals surface area (Å²) < 4.78 is 0. The Morgan fingerprint density at radius 2 is 2.11 bits per heavy atom. The van der Waals surface area contributed by atoms with E-state index in [0.717, 1.165) is 74.9 Å². The number of amides is 2. The molecule has 1 saturated carbocycles. The second kappa shape index (κ2) is 7.89. The van der Waals surface area contributed by atoms with E-state index in [4.69, 9.17) is 0 Å². The number of rotatable bonds is 5. The molecule has 3 N–H and O–H groups in total. The molecule has 27 heavy (non-hydrogen) atoms. The lowest BCUT2D eigenvalue weighted by molar-refractivity contribution is 0.121. The zero-order valence-corrected chi connectivity index (χ0v) is 15.9. The van der Waals surface area contributed by atoms with Gasteiger partial charge in [0.25, 0.3) is 0 Å². The molecule has 1 atom stereocenters. The minimum Gasteiger partial charge on any atom is -0.396 e. The average molecular weight is 370 g/mol. The maximum absolute atomic E-state index is 12.7. The van der Waals surface area contributed by atoms with Gasteiger partial charge in [0.05, 0.1) is 17.6 Å². The van der Waals surface area contributed by atoms with Gasteiger partial charge in [-0.15, -0.1) is 0 Å². The molecular weight excluding hydrogens is 340 g/mol. The fraction of sp³-hybridized carbons (Fsp3) is 0.619. The predicted octanol–water partition coefficient (Wildman–Crippen LogP) is 3.08. The minimum atomic E-state index is -0.0981. The molecular formula is C21H30N4O2. The molecule has 0 unspecified atom stereocenters. The normalized spacial score (nSPS) is 22.3. The SMILES string of the molecule is O=C(NCC1(CO)CCCC1)N1CCC[C@@H](Cc2nc3ccccc3[nH]2)C1. The number of benzene rings is 1. The largest absolute Gasteiger partial charge is 0.396 e. The van der Waals surface area contributed by atoms with Gasteiger partial charge in [0.15, 0.2) is 0 Å². The summed E-state index contributed by atoms with van der Waals surface area (Å²) in [5.74, 6) is 1.44. The lowest BCUT2D eigenvalue weighted by Gasteiger charge is -2.34. The third-order valence-electron chi connectivity index (χ3n) is 6.34. The quantitative estimate of drug-likeness (QED) is 0.756. The van der Waals surface area contributed by atoms with Crippen LogP contribution in [-0.4, -0.2) is 52.2 Å². The summed E-state index contributed by atoms with van der Waals surface area (Å²) in [6.07, 6.45) is 7.36. The fourth-order valence-corrected chi connectivity index (χ4v) is 4.68. The van der Waals surface area contributed by atoms with Crippen LogP contribution < -0.4 is 5.32 Å². The Morgan fingerprint density at radius 3 is 2.89 bits per heavy atom. The third-order valence-corrected chi connectivity index (χ3v) is 6.34. The molecule has 1 aromatic heterocycles. The van der Waals surface area contributed by atoms with Crippen LogP contribution in [0.15, 0.2) is 24.3 Å². The molecule has 0 spiro atoms. The van der Waals surface area contributed by atoms with E-state index >= 15 is 0 Å². The maximum atomic E-state index is 12.7. The van der Waals surface area contributed by atoms with Crippen molar-refractivity contribution in [1.82, 2.24) is 20.2 Å². The number of hydrogen-bond donors (Lipinski definition) is 3. The van der Waals surface area contributed by atoms with Crippen molar-refractivity contribution in [3.8, 4) is 0 Å². The summed E-state index contributed by atoms with van der Waals surface area (Å²) in [6, 6.07) is 8.11. The molecule has 1 aliphatic heterocycles. The van der Waals surface area contributed by atoms with E-state index in [1.165, 1.54) is 0 Å². The van der Waals surface area contributed by atoms with Gasteiger partial charge >= 0.3 is 6.03 Å². The van der Waals surface area contributed by atoms with Crippen LogP contribution in [0.3, 0.4) is 0 Å². The number of nitrogens with one attached hydrogen (secondary N) is 2. The van der Waals surface area contributed by atoms with Crippen LogP contribution in [0.25, 0.3) is 11.0 Å². The Bertz CT molecular complexity index is 748. The number of aliphatic hydroxyl groups is 1. The van der Waals surface area contributed by atoms with E-state index in [-0.39, 0.29) is 18.1 Å². The Kier molecular flexibility index (Phi) is 5.34. The van der Waals surface area contributed by atoms with Gasteiger partial charge in [0.2, 0.25) is 0 Å². The maximum Gasteiger partial charge on any atom is 0.317 e. The predicted molar refractivity (Wildman–Crippen MR) is 105 cm³/mol. The Labute approximate surface area is 160 Å². The zero-order valence-electron chi connectivity index (χ0n) is 15.9. The van der Waals surface area contributed by atoms with Crippen molar-refractivity contribution >= 4 is 17.1 Å². The molecule has 0 bridgehead atoms. The molecule has 1 saturated heterocycles. The molecule has 2 aliphatic rings. The highest BCUT2D eigenvalue weighted by Crippen LogP contribution is 2.37. The Balaban J connectivity index is 1.32. The summed E-state index contributed by atoms with van der Waals surface area (Å²) in [4.78, 5) is 22.7. The van der Waals surface area contributed by atoms with Crippen molar-refractivity contribution in [2.45, 2.75) is 44.9 Å². The molecule has 2 fully saturated rings. The zero-order chi connectivity index (χ0) is 18.7. The number of H-pyrrole nitrogens is 1. The van der Waals surface area contributed by atoms with Gasteiger partial charge < -0.3 is 20.3 Å². The summed E-state index contributed by atoms with van der Waals surface area (Å²) in [5, 5.41) is 12.8. The van der Waals surface area contributed by atoms with Crippen LogP contribution in [0.5, 0.6) is 0 Å². The van der Waals surface area contributed by atoms with Crippen molar-refractivity contribution in [2.75, 3.05) is 26.2 Å². The molecule has 1 aliphatic carbocycles. The number of aromatic amines is 1. The van der Waals surface area contributed by atoms with Gasteiger partial charge in [-0.2, -0.15) is 0 Å². The van der Waals surface area contributed by atoms with Crippen molar-refractivity contribution in [3.63, 3.8) is 0 Å². The average Bonchev–Trinajstić information content (AvgIpc) is 3.33. The van der Waals surface area contributed by atoms with Crippen LogP contribution >= 0.6 is 0 Å². The van der Waals surface area contributed by atoms with Crippen molar-refractivity contribution < 1.29 is 9.90 Å². The number of imidazole rings is 1. The molecule has 6 nitrogen and oxygen atoms in total. The van der Waals surface area contributed by atoms with Crippen LogP contribution in [-0.2, 0) is 6.42 Å². The number of fused-ring (bicyclic) bond motifs is 1. The minimum absolute atomic E-state index is 0.0176. The van der Waals surface area contributed by atoms with Crippen LogP contribution in [0.1, 0.15) is 44.3 Å². The fourth-order valence-electron chi connectivity index (χ4n) is 4.68. The van der Waals surface area contributed by atoms with Crippen molar-refractivity contribution in [3.05, 3.63) is 30.1 Å². The second-order valence-electron chi connectivity index (χ2n) is 8.38. The molecule has 1 aromatic carbocycles. The molecule has 2 heterocycles. The van der Waals surface area contributed by atoms with Crippen molar-refractivity contribution in [2.24, 2.45) is 11.3 Å². The lowest BCUT2D eigenvalue weighted by Crippen LogP contribution is -2.49. The first-order valence-electron chi connectivity index (χ1n) is 10.2. The highest BCUT2D eigenvalue weighted by molar-refractivity contribution is 5.75. The summed E-state index contributed by atoms with van der Waals surface area (Å²) in [7, 11) is 0. The Morgan fingerprint density at radius 1 is 1.30 bits per heavy atom. The first kappa shape index (κ1) is 18.3. The van der Waals surface area contributed by atoms with E-state index in [2.05, 4.69) is 15.3 Å². The number of carbonyl (C=O) groups is 1. The van der Waals surface area contributed by atoms with Gasteiger partial charge in [0, 0.05) is 31.5 Å². The van der Waals surface area contributed by atoms with E-state index in [1.54, 1.807) is 0 Å². The van der Waals surface area contributed by atoms with Gasteiger partial charge in [-0.1, -0.05) is 25.0 Å². The highest BCUT2D eigenvalue weighted by atomic mass is 16.3. The number of nitrogens with zero attached hydrogens (tertiary/aromatic N) is 2. The number of carbonyl (C=O) groups excluding carboxylic acids is 1. The summed E-state index contributed by atoms with van der Waals surface area (Å²) in [5.41, 5.74) is 1.98. The Hall–Kier alpha value is -2.08. The van der Waals surface area contributed by atoms with Gasteiger partial charge in [-0.05, 0) is 43.7 Å². The van der Waals surface area contributed by atoms with Crippen LogP contribution in [0.4, 0.5) is 4.79 Å². The van der Waals surface area contributed by atoms with E-state index in [0.29, 0.717) is 12.5 Å². The number of urea groups is 1. The lowest BCUT2D eigenvalue weighted by atomic mass is 9.87. The number of aliphatic hydroxyl groups excluding tert-OH is 1. The van der Waals surface area contributed by atoms with E-state index in [9.17, 15) is 9.90 Å². The van der Waals surface area contributed by atoms with Crippen LogP contribution in [0.2, 0.25) is 0 Å². The molecule has 2 aromatic rings. The first-order valence-corrected chi connectivity index (χ1v) is 10.2. The second-order valence-corrected chi connectivity index (χ2v) is 8.38. The third kappa shape index (κ3) is 4.10. The molecule has 0 radical (unpaired) electrons. The molecule has 146 valence electrons. The summed E-state index contributed by atoms with van der Waals surface area (Å²) in [6.45, 7) is 2.35.